The van der Waals surface area contributed by atoms with E-state index < -0.39 is 0 Å². The summed E-state index contributed by atoms with van der Waals surface area (Å²) in [7, 11) is 0. The molecule has 7 aromatic rings. The lowest BCUT2D eigenvalue weighted by Gasteiger charge is -2.25. The van der Waals surface area contributed by atoms with Gasteiger partial charge in [0, 0.05) is 87.0 Å². The highest BCUT2D eigenvalue weighted by molar-refractivity contribution is 7.19. The van der Waals surface area contributed by atoms with Gasteiger partial charge in [-0.15, -0.1) is 68.0 Å². The number of rotatable bonds is 9. The predicted molar refractivity (Wildman–Crippen MR) is 241 cm³/mol. The first-order chi connectivity index (χ1) is 24.7. The van der Waals surface area contributed by atoms with Crippen molar-refractivity contribution in [3.8, 4) is 62.6 Å². The molecule has 6 heteroatoms. The van der Waals surface area contributed by atoms with Crippen molar-refractivity contribution in [2.45, 2.75) is 105 Å². The SMILES string of the molecule is CCc1ccc(-c2c(-c3ccc(C(C)C)s3)c(-c3cccs3)c(-c3ccc(C(C)(C)C)s3)c(-c3ccc(C(C)C)s3)c2-c2ccc(C(C)(C)C)s2)s1. The van der Waals surface area contributed by atoms with Crippen LogP contribution in [0.25, 0.3) is 62.6 Å². The maximum Gasteiger partial charge on any atom is 0.0359 e. The van der Waals surface area contributed by atoms with Crippen LogP contribution in [0.3, 0.4) is 0 Å². The van der Waals surface area contributed by atoms with Crippen LogP contribution in [-0.2, 0) is 17.3 Å². The van der Waals surface area contributed by atoms with Crippen LogP contribution in [0, 0.1) is 0 Å². The highest BCUT2D eigenvalue weighted by Gasteiger charge is 2.33. The second-order valence-corrected chi connectivity index (χ2v) is 22.9. The van der Waals surface area contributed by atoms with Gasteiger partial charge in [0.25, 0.3) is 0 Å². The van der Waals surface area contributed by atoms with Gasteiger partial charge in [-0.05, 0) is 101 Å². The van der Waals surface area contributed by atoms with Crippen LogP contribution in [0.5, 0.6) is 0 Å². The molecular formula is C46H50S6. The van der Waals surface area contributed by atoms with Crippen molar-refractivity contribution < 1.29 is 0 Å². The lowest BCUT2D eigenvalue weighted by atomic mass is 9.82. The second-order valence-electron chi connectivity index (χ2n) is 16.4. The molecule has 1 aromatic carbocycles. The highest BCUT2D eigenvalue weighted by atomic mass is 32.1. The molecule has 0 fully saturated rings. The number of hydrogen-bond donors (Lipinski definition) is 0. The molecule has 0 aliphatic heterocycles. The van der Waals surface area contributed by atoms with Gasteiger partial charge in [0.15, 0.2) is 0 Å². The Hall–Kier alpha value is -2.58. The monoisotopic (exact) mass is 794 g/mol. The molecular weight excluding hydrogens is 745 g/mol. The fourth-order valence-electron chi connectivity index (χ4n) is 6.70. The number of aryl methyl sites for hydroxylation is 1. The van der Waals surface area contributed by atoms with Crippen molar-refractivity contribution in [3.63, 3.8) is 0 Å². The molecule has 0 radical (unpaired) electrons. The fourth-order valence-corrected chi connectivity index (χ4v) is 12.9. The topological polar surface area (TPSA) is 0 Å². The molecule has 6 heterocycles. The third kappa shape index (κ3) is 7.17. The van der Waals surface area contributed by atoms with Gasteiger partial charge < -0.3 is 0 Å². The van der Waals surface area contributed by atoms with Crippen molar-refractivity contribution in [1.82, 2.24) is 0 Å². The normalized spacial score (nSPS) is 12.6. The van der Waals surface area contributed by atoms with E-state index in [2.05, 4.69) is 154 Å². The Morgan fingerprint density at radius 1 is 0.442 bits per heavy atom. The molecule has 0 amide bonds. The van der Waals surface area contributed by atoms with E-state index in [1.807, 2.05) is 68.0 Å². The minimum Gasteiger partial charge on any atom is -0.144 e. The van der Waals surface area contributed by atoms with Gasteiger partial charge in [-0.3, -0.25) is 0 Å². The average Bonchev–Trinajstić information content (AvgIpc) is 3.93. The molecule has 0 atom stereocenters. The Morgan fingerprint density at radius 3 is 1.15 bits per heavy atom. The lowest BCUT2D eigenvalue weighted by molar-refractivity contribution is 0.603. The summed E-state index contributed by atoms with van der Waals surface area (Å²) >= 11 is 11.8. The molecule has 0 nitrogen and oxygen atoms in total. The minimum atomic E-state index is 0.0626. The Bertz CT molecular complexity index is 2310. The second kappa shape index (κ2) is 14.6. The van der Waals surface area contributed by atoms with Crippen LogP contribution in [-0.4, -0.2) is 0 Å². The van der Waals surface area contributed by atoms with E-state index in [9.17, 15) is 0 Å². The third-order valence-electron chi connectivity index (χ3n) is 9.59. The van der Waals surface area contributed by atoms with Crippen molar-refractivity contribution in [2.24, 2.45) is 0 Å². The van der Waals surface area contributed by atoms with E-state index in [1.54, 1.807) is 0 Å². The minimum absolute atomic E-state index is 0.0626. The number of hydrogen-bond acceptors (Lipinski definition) is 6. The largest absolute Gasteiger partial charge is 0.144 e. The first-order valence-corrected chi connectivity index (χ1v) is 23.4. The Balaban J connectivity index is 1.77. The van der Waals surface area contributed by atoms with Crippen LogP contribution in [0.4, 0.5) is 0 Å². The third-order valence-corrected chi connectivity index (χ3v) is 17.6. The van der Waals surface area contributed by atoms with E-state index in [-0.39, 0.29) is 10.8 Å². The van der Waals surface area contributed by atoms with Gasteiger partial charge in [-0.25, -0.2) is 0 Å². The summed E-state index contributed by atoms with van der Waals surface area (Å²) in [5.74, 6) is 0.937. The first-order valence-electron chi connectivity index (χ1n) is 18.4. The van der Waals surface area contributed by atoms with Crippen molar-refractivity contribution in [2.75, 3.05) is 0 Å². The maximum absolute atomic E-state index is 2.43. The smallest absolute Gasteiger partial charge is 0.0359 e. The van der Waals surface area contributed by atoms with Gasteiger partial charge in [0.2, 0.25) is 0 Å². The first kappa shape index (κ1) is 37.7. The fraction of sp³-hybridized carbons (Fsp3) is 0.348. The summed E-state index contributed by atoms with van der Waals surface area (Å²) in [5.41, 5.74) is 8.43. The van der Waals surface area contributed by atoms with Crippen LogP contribution < -0.4 is 0 Å². The molecule has 52 heavy (non-hydrogen) atoms. The summed E-state index contributed by atoms with van der Waals surface area (Å²) in [6.45, 7) is 25.7. The van der Waals surface area contributed by atoms with E-state index in [0.717, 1.165) is 6.42 Å². The summed E-state index contributed by atoms with van der Waals surface area (Å²) in [4.78, 5) is 15.3. The Morgan fingerprint density at radius 2 is 0.827 bits per heavy atom. The van der Waals surface area contributed by atoms with E-state index in [1.165, 1.54) is 87.0 Å². The van der Waals surface area contributed by atoms with Gasteiger partial charge in [-0.1, -0.05) is 82.2 Å². The van der Waals surface area contributed by atoms with E-state index >= 15 is 0 Å². The average molecular weight is 795 g/mol. The molecule has 0 N–H and O–H groups in total. The van der Waals surface area contributed by atoms with Crippen LogP contribution in [0.15, 0.2) is 78.2 Å². The molecule has 0 spiro atoms. The van der Waals surface area contributed by atoms with E-state index in [4.69, 9.17) is 0 Å². The lowest BCUT2D eigenvalue weighted by Crippen LogP contribution is -2.07. The van der Waals surface area contributed by atoms with Crippen molar-refractivity contribution in [1.29, 1.82) is 0 Å². The Labute approximate surface area is 335 Å². The number of benzene rings is 1. The molecule has 0 bridgehead atoms. The van der Waals surface area contributed by atoms with E-state index in [0.29, 0.717) is 11.8 Å². The number of thiophene rings is 6. The van der Waals surface area contributed by atoms with Gasteiger partial charge in [0.05, 0.1) is 0 Å². The van der Waals surface area contributed by atoms with Gasteiger partial charge in [0.1, 0.15) is 0 Å². The van der Waals surface area contributed by atoms with Gasteiger partial charge >= 0.3 is 0 Å². The summed E-state index contributed by atoms with van der Waals surface area (Å²) < 4.78 is 0. The molecule has 0 unspecified atom stereocenters. The molecule has 0 aliphatic carbocycles. The summed E-state index contributed by atoms with van der Waals surface area (Å²) in [6, 6.07) is 28.6. The molecule has 0 saturated heterocycles. The molecule has 0 aliphatic rings. The quantitative estimate of drug-likeness (QED) is 0.137. The highest BCUT2D eigenvalue weighted by Crippen LogP contribution is 2.60. The summed E-state index contributed by atoms with van der Waals surface area (Å²) in [5, 5.41) is 2.26. The van der Waals surface area contributed by atoms with Crippen molar-refractivity contribution >= 4 is 68.0 Å². The van der Waals surface area contributed by atoms with Crippen LogP contribution >= 0.6 is 68.0 Å². The summed E-state index contributed by atoms with van der Waals surface area (Å²) in [6.07, 6.45) is 1.04. The molecule has 7 rings (SSSR count). The zero-order valence-corrected chi connectivity index (χ0v) is 37.2. The standard InChI is InChI=1S/C46H50S6/c1-12-28-15-16-32(48-28)40-41(33-19-17-29(49-33)26(2)3)39(31-14-13-25-47-31)43(35-21-23-37(51-35)45(6,7)8)42(34-20-18-30(50-34)27(4)5)44(40)36-22-24-38(52-36)46(9,10)11/h13-27H,12H2,1-11H3. The van der Waals surface area contributed by atoms with Crippen LogP contribution in [0.2, 0.25) is 0 Å². The zero-order valence-electron chi connectivity index (χ0n) is 32.3. The molecule has 6 aromatic heterocycles. The van der Waals surface area contributed by atoms with Gasteiger partial charge in [-0.2, -0.15) is 0 Å². The molecule has 270 valence electrons. The van der Waals surface area contributed by atoms with Crippen LogP contribution in [0.1, 0.15) is 112 Å². The zero-order chi connectivity index (χ0) is 37.1. The van der Waals surface area contributed by atoms with Crippen molar-refractivity contribution in [3.05, 3.63) is 103 Å². The Kier molecular flexibility index (Phi) is 10.6. The predicted octanol–water partition coefficient (Wildman–Crippen LogP) is 17.5. The maximum atomic E-state index is 2.43. The molecule has 0 saturated carbocycles.